The number of carbonyl (C=O) groups is 1. The summed E-state index contributed by atoms with van der Waals surface area (Å²) in [5.74, 6) is -0.462. The first-order valence-electron chi connectivity index (χ1n) is 8.94. The molecule has 0 aromatic heterocycles. The Morgan fingerprint density at radius 3 is 2.37 bits per heavy atom. The number of alkyl halides is 3. The van der Waals surface area contributed by atoms with E-state index in [0.29, 0.717) is 5.69 Å². The number of hydrogen-bond donors (Lipinski definition) is 1. The lowest BCUT2D eigenvalue weighted by Gasteiger charge is -2.31. The third-order valence-corrected chi connectivity index (χ3v) is 4.51. The summed E-state index contributed by atoms with van der Waals surface area (Å²) in [6.07, 6.45) is 1.59. The summed E-state index contributed by atoms with van der Waals surface area (Å²) in [6, 6.07) is 12.8. The second-order valence-electron chi connectivity index (χ2n) is 6.51. The minimum absolute atomic E-state index is 0.189. The van der Waals surface area contributed by atoms with Crippen LogP contribution in [0.2, 0.25) is 0 Å². The van der Waals surface area contributed by atoms with E-state index in [1.54, 1.807) is 6.08 Å². The van der Waals surface area contributed by atoms with Gasteiger partial charge in [-0.3, -0.25) is 4.79 Å². The standard InChI is InChI=1S/C21H21F3N2O/c22-21(23,24)17-10-11-19(26-13-5-2-6-14-26)18(15-17)25-20(27)12-9-16-7-3-1-4-8-16/h1,3-4,7-12,15H,2,5-6,13-14H2,(H,25,27). The maximum atomic E-state index is 13.1. The van der Waals surface area contributed by atoms with Crippen molar-refractivity contribution in [2.75, 3.05) is 23.3 Å². The van der Waals surface area contributed by atoms with Gasteiger partial charge in [-0.05, 0) is 49.1 Å². The molecule has 3 nitrogen and oxygen atoms in total. The van der Waals surface area contributed by atoms with Gasteiger partial charge in [-0.15, -0.1) is 0 Å². The summed E-state index contributed by atoms with van der Waals surface area (Å²) in [7, 11) is 0. The first-order valence-corrected chi connectivity index (χ1v) is 8.94. The zero-order chi connectivity index (χ0) is 19.3. The molecule has 0 radical (unpaired) electrons. The fourth-order valence-corrected chi connectivity index (χ4v) is 3.13. The van der Waals surface area contributed by atoms with Gasteiger partial charge in [-0.2, -0.15) is 13.2 Å². The molecule has 6 heteroatoms. The van der Waals surface area contributed by atoms with Gasteiger partial charge in [0.05, 0.1) is 16.9 Å². The number of carbonyl (C=O) groups excluding carboxylic acids is 1. The Labute approximate surface area is 156 Å². The summed E-state index contributed by atoms with van der Waals surface area (Å²) in [4.78, 5) is 14.3. The Morgan fingerprint density at radius 2 is 1.70 bits per heavy atom. The van der Waals surface area contributed by atoms with Gasteiger partial charge in [0.2, 0.25) is 5.91 Å². The van der Waals surface area contributed by atoms with Crippen LogP contribution < -0.4 is 10.2 Å². The molecule has 1 amide bonds. The van der Waals surface area contributed by atoms with E-state index in [1.807, 2.05) is 35.2 Å². The van der Waals surface area contributed by atoms with Gasteiger partial charge in [-0.1, -0.05) is 30.3 Å². The quantitative estimate of drug-likeness (QED) is 0.732. The zero-order valence-corrected chi connectivity index (χ0v) is 14.8. The monoisotopic (exact) mass is 374 g/mol. The van der Waals surface area contributed by atoms with E-state index >= 15 is 0 Å². The second-order valence-corrected chi connectivity index (χ2v) is 6.51. The highest BCUT2D eigenvalue weighted by Crippen LogP contribution is 2.36. The number of anilines is 2. The number of nitrogens with one attached hydrogen (secondary N) is 1. The van der Waals surface area contributed by atoms with E-state index in [9.17, 15) is 18.0 Å². The van der Waals surface area contributed by atoms with Crippen molar-refractivity contribution in [3.8, 4) is 0 Å². The van der Waals surface area contributed by atoms with Crippen LogP contribution in [0.25, 0.3) is 6.08 Å². The van der Waals surface area contributed by atoms with Crippen LogP contribution in [0.1, 0.15) is 30.4 Å². The van der Waals surface area contributed by atoms with Crippen LogP contribution in [0, 0.1) is 0 Å². The van der Waals surface area contributed by atoms with Crippen molar-refractivity contribution in [3.63, 3.8) is 0 Å². The molecular formula is C21H21F3N2O. The predicted molar refractivity (Wildman–Crippen MR) is 102 cm³/mol. The molecule has 3 rings (SSSR count). The van der Waals surface area contributed by atoms with Gasteiger partial charge in [0.25, 0.3) is 0 Å². The maximum absolute atomic E-state index is 13.1. The average molecular weight is 374 g/mol. The molecule has 0 aliphatic carbocycles. The van der Waals surface area contributed by atoms with Gasteiger partial charge >= 0.3 is 6.18 Å². The molecule has 0 bridgehead atoms. The highest BCUT2D eigenvalue weighted by molar-refractivity contribution is 6.03. The largest absolute Gasteiger partial charge is 0.416 e. The Kier molecular flexibility index (Phi) is 5.84. The van der Waals surface area contributed by atoms with Crippen LogP contribution in [-0.4, -0.2) is 19.0 Å². The Bertz CT molecular complexity index is 810. The third-order valence-electron chi connectivity index (χ3n) is 4.51. The van der Waals surface area contributed by atoms with E-state index in [0.717, 1.165) is 50.0 Å². The van der Waals surface area contributed by atoms with Gasteiger partial charge in [0, 0.05) is 19.2 Å². The highest BCUT2D eigenvalue weighted by atomic mass is 19.4. The van der Waals surface area contributed by atoms with E-state index < -0.39 is 17.6 Å². The second kappa shape index (κ2) is 8.29. The summed E-state index contributed by atoms with van der Waals surface area (Å²) in [6.45, 7) is 1.54. The zero-order valence-electron chi connectivity index (χ0n) is 14.8. The molecule has 1 heterocycles. The molecule has 2 aromatic rings. The van der Waals surface area contributed by atoms with Crippen molar-refractivity contribution < 1.29 is 18.0 Å². The number of piperidine rings is 1. The maximum Gasteiger partial charge on any atom is 0.416 e. The Hall–Kier alpha value is -2.76. The van der Waals surface area contributed by atoms with E-state index in [-0.39, 0.29) is 5.69 Å². The van der Waals surface area contributed by atoms with Crippen molar-refractivity contribution in [2.24, 2.45) is 0 Å². The fraction of sp³-hybridized carbons (Fsp3) is 0.286. The summed E-state index contributed by atoms with van der Waals surface area (Å²) < 4.78 is 39.3. The van der Waals surface area contributed by atoms with Crippen LogP contribution in [0.3, 0.4) is 0 Å². The SMILES string of the molecule is O=C(C=Cc1ccccc1)Nc1cc(C(F)(F)F)ccc1N1CCCCC1. The topological polar surface area (TPSA) is 32.3 Å². The number of benzene rings is 2. The van der Waals surface area contributed by atoms with Crippen LogP contribution in [0.5, 0.6) is 0 Å². The van der Waals surface area contributed by atoms with Crippen molar-refractivity contribution in [1.29, 1.82) is 0 Å². The third kappa shape index (κ3) is 5.12. The molecule has 1 aliphatic heterocycles. The molecule has 27 heavy (non-hydrogen) atoms. The minimum atomic E-state index is -4.46. The van der Waals surface area contributed by atoms with Crippen molar-refractivity contribution in [1.82, 2.24) is 0 Å². The van der Waals surface area contributed by atoms with Gasteiger partial charge < -0.3 is 10.2 Å². The molecule has 142 valence electrons. The smallest absolute Gasteiger partial charge is 0.370 e. The van der Waals surface area contributed by atoms with Crippen molar-refractivity contribution >= 4 is 23.4 Å². The predicted octanol–water partition coefficient (Wildman–Crippen LogP) is 5.35. The lowest BCUT2D eigenvalue weighted by molar-refractivity contribution is -0.137. The summed E-state index contributed by atoms with van der Waals surface area (Å²) in [5.41, 5.74) is 0.886. The Balaban J connectivity index is 1.84. The van der Waals surface area contributed by atoms with Crippen molar-refractivity contribution in [3.05, 3.63) is 65.7 Å². The van der Waals surface area contributed by atoms with Crippen molar-refractivity contribution in [2.45, 2.75) is 25.4 Å². The molecule has 1 aliphatic rings. The minimum Gasteiger partial charge on any atom is -0.370 e. The van der Waals surface area contributed by atoms with E-state index in [4.69, 9.17) is 0 Å². The lowest BCUT2D eigenvalue weighted by atomic mass is 10.1. The molecular weight excluding hydrogens is 353 g/mol. The van der Waals surface area contributed by atoms with Crippen LogP contribution in [0.4, 0.5) is 24.5 Å². The highest BCUT2D eigenvalue weighted by Gasteiger charge is 2.31. The molecule has 0 spiro atoms. The Morgan fingerprint density at radius 1 is 1.00 bits per heavy atom. The number of nitrogens with zero attached hydrogens (tertiary/aromatic N) is 1. The molecule has 1 N–H and O–H groups in total. The summed E-state index contributed by atoms with van der Waals surface area (Å²) in [5, 5.41) is 2.62. The first kappa shape index (κ1) is 19.0. The van der Waals surface area contributed by atoms with Gasteiger partial charge in [0.15, 0.2) is 0 Å². The van der Waals surface area contributed by atoms with Gasteiger partial charge in [0.1, 0.15) is 0 Å². The van der Waals surface area contributed by atoms with Crippen LogP contribution in [-0.2, 0) is 11.0 Å². The molecule has 1 fully saturated rings. The molecule has 1 saturated heterocycles. The number of amides is 1. The molecule has 0 saturated carbocycles. The molecule has 0 atom stereocenters. The van der Waals surface area contributed by atoms with Gasteiger partial charge in [-0.25, -0.2) is 0 Å². The van der Waals surface area contributed by atoms with Crippen LogP contribution in [0.15, 0.2) is 54.6 Å². The lowest BCUT2D eigenvalue weighted by Crippen LogP contribution is -2.30. The molecule has 0 unspecified atom stereocenters. The fourth-order valence-electron chi connectivity index (χ4n) is 3.13. The molecule has 2 aromatic carbocycles. The van der Waals surface area contributed by atoms with E-state index in [1.165, 1.54) is 12.1 Å². The average Bonchev–Trinajstić information content (AvgIpc) is 2.67. The number of halogens is 3. The normalized spacial score (nSPS) is 15.1. The van der Waals surface area contributed by atoms with E-state index in [2.05, 4.69) is 5.32 Å². The first-order chi connectivity index (χ1) is 12.9. The number of hydrogen-bond acceptors (Lipinski definition) is 2. The van der Waals surface area contributed by atoms with Crippen LogP contribution >= 0.6 is 0 Å². The number of rotatable bonds is 4. The summed E-state index contributed by atoms with van der Waals surface area (Å²) >= 11 is 0.